The predicted octanol–water partition coefficient (Wildman–Crippen LogP) is 3.23. The molecule has 0 saturated heterocycles. The van der Waals surface area contributed by atoms with Gasteiger partial charge in [-0.3, -0.25) is 9.59 Å². The quantitative estimate of drug-likeness (QED) is 0.679. The number of benzene rings is 2. The number of aromatic hydroxyl groups is 1. The maximum absolute atomic E-state index is 13.7. The smallest absolute Gasteiger partial charge is 0.280 e. The van der Waals surface area contributed by atoms with Gasteiger partial charge >= 0.3 is 0 Å². The van der Waals surface area contributed by atoms with E-state index in [4.69, 9.17) is 0 Å². The summed E-state index contributed by atoms with van der Waals surface area (Å²) in [6.07, 6.45) is 0. The number of anilines is 1. The fraction of sp³-hybridized carbons (Fsp3) is 0. The lowest BCUT2D eigenvalue weighted by Crippen LogP contribution is -2.25. The van der Waals surface area contributed by atoms with Crippen molar-refractivity contribution < 1.29 is 18.7 Å². The molecule has 6 nitrogen and oxygen atoms in total. The van der Waals surface area contributed by atoms with Gasteiger partial charge in [-0.25, -0.2) is 8.78 Å². The molecule has 1 amide bonds. The molecule has 0 spiro atoms. The van der Waals surface area contributed by atoms with E-state index in [1.54, 1.807) is 24.3 Å². The number of hydrogen-bond donors (Lipinski definition) is 2. The second-order valence-corrected chi connectivity index (χ2v) is 6.10. The largest absolute Gasteiger partial charge is 0.505 e. The molecule has 0 saturated carbocycles. The van der Waals surface area contributed by atoms with Gasteiger partial charge in [-0.2, -0.15) is 9.78 Å². The molecule has 0 radical (unpaired) electrons. The first-order chi connectivity index (χ1) is 12.3. The number of halogens is 3. The number of nitrogens with one attached hydrogen (secondary N) is 1. The molecular formula is C17H10BrF2N3O3. The van der Waals surface area contributed by atoms with Crippen LogP contribution >= 0.6 is 15.9 Å². The summed E-state index contributed by atoms with van der Waals surface area (Å²) in [5, 5.41) is 15.8. The molecule has 2 aromatic carbocycles. The van der Waals surface area contributed by atoms with Crippen molar-refractivity contribution in [3.05, 3.63) is 80.7 Å². The van der Waals surface area contributed by atoms with E-state index in [0.29, 0.717) is 5.69 Å². The molecule has 3 rings (SSSR count). The van der Waals surface area contributed by atoms with E-state index in [1.165, 1.54) is 0 Å². The summed E-state index contributed by atoms with van der Waals surface area (Å²) < 4.78 is 28.6. The van der Waals surface area contributed by atoms with Crippen molar-refractivity contribution in [2.75, 3.05) is 5.32 Å². The average Bonchev–Trinajstić information content (AvgIpc) is 2.59. The van der Waals surface area contributed by atoms with Gasteiger partial charge in [0.1, 0.15) is 11.6 Å². The van der Waals surface area contributed by atoms with E-state index in [0.717, 1.165) is 33.4 Å². The third kappa shape index (κ3) is 3.62. The highest BCUT2D eigenvalue weighted by Gasteiger charge is 2.18. The van der Waals surface area contributed by atoms with Crippen molar-refractivity contribution in [2.45, 2.75) is 0 Å². The van der Waals surface area contributed by atoms with Crippen molar-refractivity contribution in [1.29, 1.82) is 0 Å². The van der Waals surface area contributed by atoms with Crippen LogP contribution in [0.3, 0.4) is 0 Å². The minimum Gasteiger partial charge on any atom is -0.505 e. The first kappa shape index (κ1) is 17.7. The Labute approximate surface area is 153 Å². The van der Waals surface area contributed by atoms with Crippen molar-refractivity contribution in [3.63, 3.8) is 0 Å². The van der Waals surface area contributed by atoms with Gasteiger partial charge in [0.25, 0.3) is 11.5 Å². The Morgan fingerprint density at radius 2 is 1.81 bits per heavy atom. The molecule has 0 fully saturated rings. The molecule has 0 aliphatic heterocycles. The summed E-state index contributed by atoms with van der Waals surface area (Å²) in [5.41, 5.74) is -1.25. The number of carbonyl (C=O) groups excluding carboxylic acids is 1. The molecule has 9 heteroatoms. The average molecular weight is 422 g/mol. The van der Waals surface area contributed by atoms with E-state index in [1.807, 2.05) is 0 Å². The summed E-state index contributed by atoms with van der Waals surface area (Å²) >= 11 is 3.26. The van der Waals surface area contributed by atoms with Crippen molar-refractivity contribution in [3.8, 4) is 11.4 Å². The van der Waals surface area contributed by atoms with E-state index >= 15 is 0 Å². The number of amides is 1. The summed E-state index contributed by atoms with van der Waals surface area (Å²) in [4.78, 5) is 24.3. The maximum atomic E-state index is 13.7. The van der Waals surface area contributed by atoms with Crippen molar-refractivity contribution >= 4 is 27.5 Å². The summed E-state index contributed by atoms with van der Waals surface area (Å²) in [7, 11) is 0. The first-order valence-electron chi connectivity index (χ1n) is 7.21. The zero-order valence-corrected chi connectivity index (χ0v) is 14.5. The zero-order valence-electron chi connectivity index (χ0n) is 12.9. The molecule has 1 aromatic heterocycles. The van der Waals surface area contributed by atoms with Gasteiger partial charge in [-0.05, 0) is 36.4 Å². The van der Waals surface area contributed by atoms with E-state index in [9.17, 15) is 23.5 Å². The second-order valence-electron chi connectivity index (χ2n) is 5.18. The Balaban J connectivity index is 2.00. The second kappa shape index (κ2) is 7.04. The molecular weight excluding hydrogens is 412 g/mol. The van der Waals surface area contributed by atoms with E-state index in [2.05, 4.69) is 26.3 Å². The van der Waals surface area contributed by atoms with Crippen LogP contribution in [0, 0.1) is 11.6 Å². The number of aromatic nitrogens is 2. The predicted molar refractivity (Wildman–Crippen MR) is 93.5 cm³/mol. The van der Waals surface area contributed by atoms with Gasteiger partial charge < -0.3 is 10.4 Å². The van der Waals surface area contributed by atoms with Crippen LogP contribution < -0.4 is 10.9 Å². The SMILES string of the molecule is O=C(Nc1cc(F)ccc1F)c1nn(-c2ccc(Br)cc2)c(=O)cc1O. The Morgan fingerprint density at radius 3 is 2.50 bits per heavy atom. The number of rotatable bonds is 3. The normalized spacial score (nSPS) is 10.6. The number of nitrogens with zero attached hydrogens (tertiary/aromatic N) is 2. The lowest BCUT2D eigenvalue weighted by atomic mass is 10.2. The maximum Gasteiger partial charge on any atom is 0.280 e. The Hall–Kier alpha value is -3.07. The lowest BCUT2D eigenvalue weighted by Gasteiger charge is -2.10. The van der Waals surface area contributed by atoms with Crippen LogP contribution in [0.4, 0.5) is 14.5 Å². The standard InChI is InChI=1S/C17H10BrF2N3O3/c18-9-1-4-11(5-2-9)23-15(25)8-14(24)16(22-23)17(26)21-13-7-10(19)3-6-12(13)20/h1-8,24H,(H,21,26). The third-order valence-electron chi connectivity index (χ3n) is 3.37. The van der Waals surface area contributed by atoms with Gasteiger partial charge in [0.2, 0.25) is 0 Å². The van der Waals surface area contributed by atoms with Gasteiger partial charge in [0.05, 0.1) is 11.4 Å². The molecule has 132 valence electrons. The molecule has 0 aliphatic rings. The Kier molecular flexibility index (Phi) is 4.81. The molecule has 2 N–H and O–H groups in total. The highest BCUT2D eigenvalue weighted by Crippen LogP contribution is 2.19. The van der Waals surface area contributed by atoms with Gasteiger partial charge in [0, 0.05) is 16.6 Å². The highest BCUT2D eigenvalue weighted by atomic mass is 79.9. The molecule has 26 heavy (non-hydrogen) atoms. The van der Waals surface area contributed by atoms with Crippen LogP contribution in [0.2, 0.25) is 0 Å². The van der Waals surface area contributed by atoms with Crippen molar-refractivity contribution in [2.24, 2.45) is 0 Å². The van der Waals surface area contributed by atoms with Crippen LogP contribution in [0.15, 0.2) is 57.8 Å². The fourth-order valence-electron chi connectivity index (χ4n) is 2.15. The minimum absolute atomic E-state index is 0.351. The summed E-state index contributed by atoms with van der Waals surface area (Å²) in [6.45, 7) is 0. The summed E-state index contributed by atoms with van der Waals surface area (Å²) in [5.74, 6) is -3.30. The van der Waals surface area contributed by atoms with Crippen LogP contribution in [-0.2, 0) is 0 Å². The molecule has 0 unspecified atom stereocenters. The molecule has 0 atom stereocenters. The number of hydrogen-bond acceptors (Lipinski definition) is 4. The Bertz CT molecular complexity index is 1050. The van der Waals surface area contributed by atoms with Gasteiger partial charge in [0.15, 0.2) is 11.4 Å². The van der Waals surface area contributed by atoms with Crippen LogP contribution in [-0.4, -0.2) is 20.8 Å². The molecule has 0 bridgehead atoms. The summed E-state index contributed by atoms with van der Waals surface area (Å²) in [6, 6.07) is 9.82. The highest BCUT2D eigenvalue weighted by molar-refractivity contribution is 9.10. The monoisotopic (exact) mass is 421 g/mol. The minimum atomic E-state index is -1.00. The first-order valence-corrected chi connectivity index (χ1v) is 8.00. The molecule has 3 aromatic rings. The fourth-order valence-corrected chi connectivity index (χ4v) is 2.42. The molecule has 1 heterocycles. The third-order valence-corrected chi connectivity index (χ3v) is 3.90. The molecule has 0 aliphatic carbocycles. The van der Waals surface area contributed by atoms with E-state index < -0.39 is 40.2 Å². The zero-order chi connectivity index (χ0) is 18.8. The topological polar surface area (TPSA) is 84.2 Å². The van der Waals surface area contributed by atoms with Gasteiger partial charge in [-0.15, -0.1) is 0 Å². The number of carbonyl (C=O) groups is 1. The van der Waals surface area contributed by atoms with Crippen LogP contribution in [0.25, 0.3) is 5.69 Å². The lowest BCUT2D eigenvalue weighted by molar-refractivity contribution is 0.101. The van der Waals surface area contributed by atoms with E-state index in [-0.39, 0.29) is 0 Å². The Morgan fingerprint density at radius 1 is 1.12 bits per heavy atom. The van der Waals surface area contributed by atoms with Crippen LogP contribution in [0.1, 0.15) is 10.5 Å². The van der Waals surface area contributed by atoms with Gasteiger partial charge in [-0.1, -0.05) is 15.9 Å². The van der Waals surface area contributed by atoms with Crippen LogP contribution in [0.5, 0.6) is 5.75 Å². The van der Waals surface area contributed by atoms with Crippen molar-refractivity contribution in [1.82, 2.24) is 9.78 Å².